The Balaban J connectivity index is 2.11. The van der Waals surface area contributed by atoms with Crippen molar-refractivity contribution in [3.8, 4) is 11.1 Å². The van der Waals surface area contributed by atoms with Gasteiger partial charge in [0.1, 0.15) is 0 Å². The second kappa shape index (κ2) is 6.54. The van der Waals surface area contributed by atoms with Crippen LogP contribution in [0, 0.1) is 10.1 Å². The van der Waals surface area contributed by atoms with Gasteiger partial charge in [-0.2, -0.15) is 0 Å². The zero-order valence-electron chi connectivity index (χ0n) is 11.4. The van der Waals surface area contributed by atoms with E-state index >= 15 is 0 Å². The Labute approximate surface area is 122 Å². The smallest absolute Gasteiger partial charge is 0.258 e. The number of nitro benzene ring substituents is 1. The summed E-state index contributed by atoms with van der Waals surface area (Å²) < 4.78 is 3.28. The standard InChI is InChI=1S/C15H16N2O2S/c1-11(2)16-20-15-9-5-13(6-10-15)12-3-7-14(8-4-12)17(18)19/h3-11,16H,1-2H3. The zero-order chi connectivity index (χ0) is 14.5. The van der Waals surface area contributed by atoms with E-state index in [1.165, 1.54) is 12.1 Å². The molecular weight excluding hydrogens is 272 g/mol. The molecule has 0 aliphatic heterocycles. The summed E-state index contributed by atoms with van der Waals surface area (Å²) in [6, 6.07) is 15.1. The van der Waals surface area contributed by atoms with Gasteiger partial charge in [-0.25, -0.2) is 0 Å². The molecule has 0 amide bonds. The lowest BCUT2D eigenvalue weighted by molar-refractivity contribution is -0.384. The predicted molar refractivity (Wildman–Crippen MR) is 82.7 cm³/mol. The molecule has 0 saturated heterocycles. The number of non-ortho nitro benzene ring substituents is 1. The second-order valence-corrected chi connectivity index (χ2v) is 5.61. The van der Waals surface area contributed by atoms with E-state index < -0.39 is 0 Å². The van der Waals surface area contributed by atoms with Gasteiger partial charge in [-0.15, -0.1) is 0 Å². The number of nitro groups is 1. The zero-order valence-corrected chi connectivity index (χ0v) is 12.2. The largest absolute Gasteiger partial charge is 0.269 e. The molecule has 104 valence electrons. The lowest BCUT2D eigenvalue weighted by Crippen LogP contribution is -2.13. The first-order valence-electron chi connectivity index (χ1n) is 6.33. The van der Waals surface area contributed by atoms with Gasteiger partial charge in [-0.1, -0.05) is 12.1 Å². The molecule has 0 unspecified atom stereocenters. The first-order chi connectivity index (χ1) is 9.56. The Morgan fingerprint density at radius 1 is 1.00 bits per heavy atom. The molecule has 20 heavy (non-hydrogen) atoms. The van der Waals surface area contributed by atoms with Crippen molar-refractivity contribution in [1.29, 1.82) is 0 Å². The number of hydrogen-bond donors (Lipinski definition) is 1. The molecule has 0 atom stereocenters. The average Bonchev–Trinajstić information content (AvgIpc) is 2.46. The van der Waals surface area contributed by atoms with Crippen molar-refractivity contribution in [2.45, 2.75) is 24.8 Å². The van der Waals surface area contributed by atoms with Crippen LogP contribution >= 0.6 is 11.9 Å². The van der Waals surface area contributed by atoms with Gasteiger partial charge in [-0.3, -0.25) is 14.8 Å². The fourth-order valence-electron chi connectivity index (χ4n) is 1.68. The number of rotatable bonds is 5. The molecule has 0 heterocycles. The highest BCUT2D eigenvalue weighted by atomic mass is 32.2. The van der Waals surface area contributed by atoms with Crippen LogP contribution in [0.4, 0.5) is 5.69 Å². The Bertz CT molecular complexity index is 580. The van der Waals surface area contributed by atoms with Crippen LogP contribution in [0.25, 0.3) is 11.1 Å². The fourth-order valence-corrected chi connectivity index (χ4v) is 2.32. The summed E-state index contributed by atoms with van der Waals surface area (Å²) in [5, 5.41) is 10.6. The van der Waals surface area contributed by atoms with Gasteiger partial charge in [0.25, 0.3) is 5.69 Å². The van der Waals surface area contributed by atoms with E-state index in [4.69, 9.17) is 0 Å². The quantitative estimate of drug-likeness (QED) is 0.507. The summed E-state index contributed by atoms with van der Waals surface area (Å²) in [5.74, 6) is 0. The van der Waals surface area contributed by atoms with Crippen molar-refractivity contribution >= 4 is 17.6 Å². The predicted octanol–water partition coefficient (Wildman–Crippen LogP) is 4.27. The van der Waals surface area contributed by atoms with E-state index in [1.807, 2.05) is 24.3 Å². The minimum atomic E-state index is -0.388. The van der Waals surface area contributed by atoms with Crippen molar-refractivity contribution in [3.05, 3.63) is 58.6 Å². The molecule has 0 aliphatic carbocycles. The highest BCUT2D eigenvalue weighted by Crippen LogP contribution is 2.25. The maximum atomic E-state index is 10.6. The lowest BCUT2D eigenvalue weighted by Gasteiger charge is -2.07. The number of benzene rings is 2. The molecule has 2 rings (SSSR count). The van der Waals surface area contributed by atoms with E-state index in [1.54, 1.807) is 24.1 Å². The highest BCUT2D eigenvalue weighted by molar-refractivity contribution is 7.97. The van der Waals surface area contributed by atoms with Crippen molar-refractivity contribution in [3.63, 3.8) is 0 Å². The van der Waals surface area contributed by atoms with Crippen LogP contribution in [-0.2, 0) is 0 Å². The number of hydrogen-bond acceptors (Lipinski definition) is 4. The molecule has 0 aromatic heterocycles. The van der Waals surface area contributed by atoms with Gasteiger partial charge in [0, 0.05) is 23.1 Å². The van der Waals surface area contributed by atoms with Crippen LogP contribution in [-0.4, -0.2) is 11.0 Å². The number of nitrogens with one attached hydrogen (secondary N) is 1. The van der Waals surface area contributed by atoms with Crippen molar-refractivity contribution < 1.29 is 4.92 Å². The van der Waals surface area contributed by atoms with Crippen LogP contribution < -0.4 is 4.72 Å². The van der Waals surface area contributed by atoms with E-state index in [0.29, 0.717) is 6.04 Å². The maximum Gasteiger partial charge on any atom is 0.269 e. The highest BCUT2D eigenvalue weighted by Gasteiger charge is 2.05. The minimum absolute atomic E-state index is 0.113. The van der Waals surface area contributed by atoms with Crippen molar-refractivity contribution in [2.24, 2.45) is 0 Å². The minimum Gasteiger partial charge on any atom is -0.258 e. The Kier molecular flexibility index (Phi) is 4.76. The molecule has 5 heteroatoms. The van der Waals surface area contributed by atoms with Crippen molar-refractivity contribution in [2.75, 3.05) is 0 Å². The SMILES string of the molecule is CC(C)NSc1ccc(-c2ccc([N+](=O)[O-])cc2)cc1. The molecule has 2 aromatic carbocycles. The third-order valence-corrected chi connectivity index (χ3v) is 3.78. The summed E-state index contributed by atoms with van der Waals surface area (Å²) in [7, 11) is 0. The summed E-state index contributed by atoms with van der Waals surface area (Å²) in [4.78, 5) is 11.4. The molecule has 0 spiro atoms. The molecule has 0 aliphatic rings. The van der Waals surface area contributed by atoms with Gasteiger partial charge in [0.15, 0.2) is 0 Å². The van der Waals surface area contributed by atoms with Crippen LogP contribution in [0.5, 0.6) is 0 Å². The third-order valence-electron chi connectivity index (χ3n) is 2.68. The molecule has 0 radical (unpaired) electrons. The summed E-state index contributed by atoms with van der Waals surface area (Å²) in [6.45, 7) is 4.19. The maximum absolute atomic E-state index is 10.6. The van der Waals surface area contributed by atoms with E-state index in [2.05, 4.69) is 18.6 Å². The molecule has 0 fully saturated rings. The van der Waals surface area contributed by atoms with Crippen LogP contribution in [0.2, 0.25) is 0 Å². The van der Waals surface area contributed by atoms with Gasteiger partial charge in [-0.05, 0) is 61.2 Å². The first kappa shape index (κ1) is 14.6. The third kappa shape index (κ3) is 3.82. The summed E-state index contributed by atoms with van der Waals surface area (Å²) in [5.41, 5.74) is 2.14. The molecule has 1 N–H and O–H groups in total. The molecule has 4 nitrogen and oxygen atoms in total. The van der Waals surface area contributed by atoms with Crippen LogP contribution in [0.3, 0.4) is 0 Å². The monoisotopic (exact) mass is 288 g/mol. The van der Waals surface area contributed by atoms with Crippen LogP contribution in [0.15, 0.2) is 53.4 Å². The molecule has 0 saturated carbocycles. The normalized spacial score (nSPS) is 10.8. The first-order valence-corrected chi connectivity index (χ1v) is 7.15. The van der Waals surface area contributed by atoms with Gasteiger partial charge in [0.05, 0.1) is 4.92 Å². The van der Waals surface area contributed by atoms with E-state index in [0.717, 1.165) is 16.0 Å². The second-order valence-electron chi connectivity index (χ2n) is 4.70. The van der Waals surface area contributed by atoms with Gasteiger partial charge >= 0.3 is 0 Å². The van der Waals surface area contributed by atoms with Crippen LogP contribution in [0.1, 0.15) is 13.8 Å². The summed E-state index contributed by atoms with van der Waals surface area (Å²) in [6.07, 6.45) is 0. The van der Waals surface area contributed by atoms with Gasteiger partial charge < -0.3 is 0 Å². The topological polar surface area (TPSA) is 55.2 Å². The average molecular weight is 288 g/mol. The summed E-state index contributed by atoms with van der Waals surface area (Å²) >= 11 is 1.60. The Morgan fingerprint density at radius 2 is 1.50 bits per heavy atom. The molecular formula is C15H16N2O2S. The Morgan fingerprint density at radius 3 is 1.95 bits per heavy atom. The van der Waals surface area contributed by atoms with Crippen molar-refractivity contribution in [1.82, 2.24) is 4.72 Å². The Hall–Kier alpha value is -1.85. The van der Waals surface area contributed by atoms with Gasteiger partial charge in [0.2, 0.25) is 0 Å². The van der Waals surface area contributed by atoms with E-state index in [9.17, 15) is 10.1 Å². The fraction of sp³-hybridized carbons (Fsp3) is 0.200. The number of nitrogens with zero attached hydrogens (tertiary/aromatic N) is 1. The van der Waals surface area contributed by atoms with E-state index in [-0.39, 0.29) is 10.6 Å². The molecule has 0 bridgehead atoms. The lowest BCUT2D eigenvalue weighted by atomic mass is 10.1. The molecule has 2 aromatic rings.